The normalized spacial score (nSPS) is 24.9. The smallest absolute Gasteiger partial charge is 0.172 e. The molecule has 0 saturated carbocycles. The minimum atomic E-state index is -1.25. The highest BCUT2D eigenvalue weighted by Gasteiger charge is 2.45. The molecule has 0 spiro atoms. The number of hydrogen-bond acceptors (Lipinski definition) is 9. The van der Waals surface area contributed by atoms with Gasteiger partial charge in [-0.25, -0.2) is 15.0 Å². The minimum absolute atomic E-state index is 0.215. The van der Waals surface area contributed by atoms with E-state index in [0.717, 1.165) is 5.56 Å². The molecule has 10 heteroatoms. The molecule has 3 aromatic rings. The largest absolute Gasteiger partial charge is 0.394 e. The van der Waals surface area contributed by atoms with Crippen molar-refractivity contribution in [3.05, 3.63) is 41.7 Å². The highest BCUT2D eigenvalue weighted by molar-refractivity contribution is 7.98. The van der Waals surface area contributed by atoms with E-state index in [1.165, 1.54) is 23.7 Å². The van der Waals surface area contributed by atoms with E-state index in [1.807, 2.05) is 31.2 Å². The summed E-state index contributed by atoms with van der Waals surface area (Å²) in [5.41, 5.74) is 9.02. The molecule has 4 rings (SSSR count). The predicted octanol–water partition coefficient (Wildman–Crippen LogP) is 0.621. The van der Waals surface area contributed by atoms with Crippen molar-refractivity contribution in [1.29, 1.82) is 0 Å². The molecule has 0 aliphatic carbocycles. The molecule has 9 nitrogen and oxygen atoms in total. The Labute approximate surface area is 165 Å². The Morgan fingerprint density at radius 1 is 1.18 bits per heavy atom. The van der Waals surface area contributed by atoms with Gasteiger partial charge < -0.3 is 25.8 Å². The standard InChI is InChI=1S/C18H21N5O4S/c1-9-2-4-10(5-3-9)7-28-18-22-12-15(19)20-8-21-16(12)23(18)17-14(26)13(25)11(6-24)27-17/h2-5,8,11,13-14,17,24-26H,6-7H2,1H3,(H2,19,20,21)/t11-,13-,14-,17-/m1/s1. The van der Waals surface area contributed by atoms with Gasteiger partial charge in [-0.3, -0.25) is 4.57 Å². The third-order valence-corrected chi connectivity index (χ3v) is 5.76. The molecule has 3 heterocycles. The number of aliphatic hydroxyl groups excluding tert-OH is 3. The van der Waals surface area contributed by atoms with Crippen molar-refractivity contribution >= 4 is 28.7 Å². The van der Waals surface area contributed by atoms with E-state index in [2.05, 4.69) is 15.0 Å². The Morgan fingerprint density at radius 3 is 2.61 bits per heavy atom. The van der Waals surface area contributed by atoms with Crippen LogP contribution in [0.5, 0.6) is 0 Å². The lowest BCUT2D eigenvalue weighted by atomic mass is 10.1. The third kappa shape index (κ3) is 3.33. The van der Waals surface area contributed by atoms with Crippen molar-refractivity contribution in [2.24, 2.45) is 0 Å². The van der Waals surface area contributed by atoms with Crippen LogP contribution in [0.1, 0.15) is 17.4 Å². The lowest BCUT2D eigenvalue weighted by Crippen LogP contribution is -2.33. The summed E-state index contributed by atoms with van der Waals surface area (Å²) in [4.78, 5) is 12.8. The first-order valence-electron chi connectivity index (χ1n) is 8.78. The van der Waals surface area contributed by atoms with E-state index in [0.29, 0.717) is 22.1 Å². The van der Waals surface area contributed by atoms with Gasteiger partial charge in [-0.2, -0.15) is 0 Å². The number of aliphatic hydroxyl groups is 3. The van der Waals surface area contributed by atoms with Crippen molar-refractivity contribution in [2.75, 3.05) is 12.3 Å². The molecule has 0 amide bonds. The molecule has 148 valence electrons. The zero-order chi connectivity index (χ0) is 19.8. The number of aromatic nitrogens is 4. The van der Waals surface area contributed by atoms with Crippen molar-refractivity contribution in [2.45, 2.75) is 42.4 Å². The van der Waals surface area contributed by atoms with Crippen LogP contribution in [0.25, 0.3) is 11.2 Å². The van der Waals surface area contributed by atoms with Gasteiger partial charge in [0.1, 0.15) is 24.6 Å². The highest BCUT2D eigenvalue weighted by Crippen LogP contribution is 2.37. The molecule has 1 fully saturated rings. The number of benzene rings is 1. The van der Waals surface area contributed by atoms with E-state index in [4.69, 9.17) is 10.5 Å². The molecule has 1 saturated heterocycles. The lowest BCUT2D eigenvalue weighted by Gasteiger charge is -2.19. The summed E-state index contributed by atoms with van der Waals surface area (Å²) < 4.78 is 7.30. The summed E-state index contributed by atoms with van der Waals surface area (Å²) in [5, 5.41) is 30.6. The number of nitrogen functional groups attached to an aromatic ring is 1. The van der Waals surface area contributed by atoms with E-state index in [-0.39, 0.29) is 5.82 Å². The molecule has 1 aliphatic rings. The van der Waals surface area contributed by atoms with Crippen LogP contribution in [0.2, 0.25) is 0 Å². The van der Waals surface area contributed by atoms with Gasteiger partial charge in [0, 0.05) is 5.75 Å². The topological polar surface area (TPSA) is 140 Å². The van der Waals surface area contributed by atoms with Gasteiger partial charge in [0.25, 0.3) is 0 Å². The fourth-order valence-corrected chi connectivity index (χ4v) is 4.14. The fraction of sp³-hybridized carbons (Fsp3) is 0.389. The number of anilines is 1. The summed E-state index contributed by atoms with van der Waals surface area (Å²) in [7, 11) is 0. The monoisotopic (exact) mass is 403 g/mol. The summed E-state index contributed by atoms with van der Waals surface area (Å²) in [6.45, 7) is 1.61. The molecular weight excluding hydrogens is 382 g/mol. The van der Waals surface area contributed by atoms with Gasteiger partial charge in [-0.1, -0.05) is 41.6 Å². The van der Waals surface area contributed by atoms with Gasteiger partial charge in [-0.15, -0.1) is 0 Å². The van der Waals surface area contributed by atoms with Crippen molar-refractivity contribution in [3.8, 4) is 0 Å². The Kier molecular flexibility index (Phi) is 5.21. The van der Waals surface area contributed by atoms with Crippen LogP contribution in [-0.4, -0.2) is 59.8 Å². The van der Waals surface area contributed by atoms with Gasteiger partial charge in [0.2, 0.25) is 0 Å². The molecule has 5 N–H and O–H groups in total. The van der Waals surface area contributed by atoms with E-state index >= 15 is 0 Å². The quantitative estimate of drug-likeness (QED) is 0.451. The van der Waals surface area contributed by atoms with Crippen LogP contribution in [0.3, 0.4) is 0 Å². The number of hydrogen-bond donors (Lipinski definition) is 4. The molecule has 1 aromatic carbocycles. The molecule has 0 bridgehead atoms. The zero-order valence-corrected chi connectivity index (χ0v) is 16.0. The second-order valence-electron chi connectivity index (χ2n) is 6.70. The van der Waals surface area contributed by atoms with Gasteiger partial charge >= 0.3 is 0 Å². The maximum Gasteiger partial charge on any atom is 0.172 e. The number of nitrogens with two attached hydrogens (primary N) is 1. The first-order chi connectivity index (χ1) is 13.5. The van der Waals surface area contributed by atoms with E-state index < -0.39 is 31.1 Å². The molecule has 1 aliphatic heterocycles. The lowest BCUT2D eigenvalue weighted by molar-refractivity contribution is -0.0548. The van der Waals surface area contributed by atoms with Crippen LogP contribution in [0.15, 0.2) is 35.7 Å². The average Bonchev–Trinajstić information content (AvgIpc) is 3.20. The third-order valence-electron chi connectivity index (χ3n) is 4.73. The summed E-state index contributed by atoms with van der Waals surface area (Å²) in [6.07, 6.45) is -3.00. The second-order valence-corrected chi connectivity index (χ2v) is 7.64. The Morgan fingerprint density at radius 2 is 1.93 bits per heavy atom. The van der Waals surface area contributed by atoms with Gasteiger partial charge in [0.05, 0.1) is 6.61 Å². The summed E-state index contributed by atoms with van der Waals surface area (Å²) >= 11 is 1.43. The molecule has 4 atom stereocenters. The van der Waals surface area contributed by atoms with E-state index in [1.54, 1.807) is 4.57 Å². The van der Waals surface area contributed by atoms with Crippen molar-refractivity contribution in [3.63, 3.8) is 0 Å². The zero-order valence-electron chi connectivity index (χ0n) is 15.1. The highest BCUT2D eigenvalue weighted by atomic mass is 32.2. The number of fused-ring (bicyclic) bond motifs is 1. The van der Waals surface area contributed by atoms with E-state index in [9.17, 15) is 15.3 Å². The number of imidazole rings is 1. The van der Waals surface area contributed by atoms with Crippen LogP contribution in [0, 0.1) is 6.92 Å². The maximum absolute atomic E-state index is 10.5. The summed E-state index contributed by atoms with van der Waals surface area (Å²) in [5.74, 6) is 0.846. The van der Waals surface area contributed by atoms with Gasteiger partial charge in [0.15, 0.2) is 28.4 Å². The second kappa shape index (κ2) is 7.64. The predicted molar refractivity (Wildman–Crippen MR) is 103 cm³/mol. The fourth-order valence-electron chi connectivity index (χ4n) is 3.16. The van der Waals surface area contributed by atoms with Crippen LogP contribution in [-0.2, 0) is 10.5 Å². The molecule has 28 heavy (non-hydrogen) atoms. The van der Waals surface area contributed by atoms with Crippen LogP contribution < -0.4 is 5.73 Å². The van der Waals surface area contributed by atoms with Crippen LogP contribution in [0.4, 0.5) is 5.82 Å². The van der Waals surface area contributed by atoms with Crippen molar-refractivity contribution < 1.29 is 20.1 Å². The Hall–Kier alpha value is -2.24. The first kappa shape index (κ1) is 19.1. The number of ether oxygens (including phenoxy) is 1. The van der Waals surface area contributed by atoms with Gasteiger partial charge in [-0.05, 0) is 12.5 Å². The Balaban J connectivity index is 1.72. The molecule has 0 radical (unpaired) electrons. The molecule has 0 unspecified atom stereocenters. The SMILES string of the molecule is Cc1ccc(CSc2nc3c(N)ncnc3n2[C@@H]2O[C@H](CO)[C@@H](O)[C@H]2O)cc1. The Bertz CT molecular complexity index is 980. The van der Waals surface area contributed by atoms with Crippen LogP contribution >= 0.6 is 11.8 Å². The average molecular weight is 403 g/mol. The minimum Gasteiger partial charge on any atom is -0.394 e. The number of aryl methyl sites for hydroxylation is 1. The molecular formula is C18H21N5O4S. The summed E-state index contributed by atoms with van der Waals surface area (Å²) in [6, 6.07) is 8.15. The first-order valence-corrected chi connectivity index (χ1v) is 9.77. The number of nitrogens with zero attached hydrogens (tertiary/aromatic N) is 4. The maximum atomic E-state index is 10.5. The number of thioether (sulfide) groups is 1. The van der Waals surface area contributed by atoms with Crippen molar-refractivity contribution in [1.82, 2.24) is 19.5 Å². The number of rotatable bonds is 5. The molecule has 2 aromatic heterocycles.